The fourth-order valence-corrected chi connectivity index (χ4v) is 0.849. The lowest BCUT2D eigenvalue weighted by Gasteiger charge is -2.07. The molecule has 1 rings (SSSR count). The summed E-state index contributed by atoms with van der Waals surface area (Å²) in [5.41, 5.74) is 0.601. The Morgan fingerprint density at radius 2 is 2.42 bits per heavy atom. The van der Waals surface area contributed by atoms with E-state index in [4.69, 9.17) is 9.84 Å². The predicted molar refractivity (Wildman–Crippen MR) is 42.8 cm³/mol. The second-order valence-electron chi connectivity index (χ2n) is 2.33. The summed E-state index contributed by atoms with van der Waals surface area (Å²) in [6.07, 6.45) is 0.662. The predicted octanol–water partition coefficient (Wildman–Crippen LogP) is 0.116. The molecule has 0 aromatic carbocycles. The maximum atomic E-state index is 9.22. The Bertz CT molecular complexity index is 252. The number of nitrogens with zero attached hydrogens (tertiary/aromatic N) is 1. The van der Waals surface area contributed by atoms with Gasteiger partial charge in [-0.2, -0.15) is 0 Å². The largest absolute Gasteiger partial charge is 0.481 e. The van der Waals surface area contributed by atoms with Gasteiger partial charge in [0, 0.05) is 12.3 Å². The summed E-state index contributed by atoms with van der Waals surface area (Å²) in [5.74, 6) is 0.431. The molecule has 12 heavy (non-hydrogen) atoms. The second kappa shape index (κ2) is 4.04. The fourth-order valence-electron chi connectivity index (χ4n) is 0.849. The van der Waals surface area contributed by atoms with E-state index >= 15 is 0 Å². The highest BCUT2D eigenvalue weighted by molar-refractivity contribution is 5.22. The molecule has 1 atom stereocenters. The lowest BCUT2D eigenvalue weighted by molar-refractivity contribution is 0.0953. The van der Waals surface area contributed by atoms with Gasteiger partial charge < -0.3 is 14.9 Å². The number of pyridine rings is 1. The van der Waals surface area contributed by atoms with Gasteiger partial charge in [-0.15, -0.1) is 0 Å². The van der Waals surface area contributed by atoms with Crippen LogP contribution in [0.4, 0.5) is 0 Å². The molecule has 0 aliphatic heterocycles. The average molecular weight is 169 g/mol. The number of methoxy groups -OCH3 is 1. The van der Waals surface area contributed by atoms with Gasteiger partial charge in [-0.05, 0) is 11.6 Å². The van der Waals surface area contributed by atoms with E-state index in [1.807, 2.05) is 0 Å². The molecule has 1 aromatic rings. The molecule has 0 amide bonds. The van der Waals surface area contributed by atoms with E-state index in [-0.39, 0.29) is 6.61 Å². The number of rotatable bonds is 3. The van der Waals surface area contributed by atoms with Crippen molar-refractivity contribution in [3.8, 4) is 5.88 Å². The van der Waals surface area contributed by atoms with Crippen molar-refractivity contribution in [2.45, 2.75) is 6.10 Å². The van der Waals surface area contributed by atoms with Crippen molar-refractivity contribution in [3.63, 3.8) is 0 Å². The Kier molecular flexibility index (Phi) is 3.01. The number of aliphatic hydroxyl groups is 2. The zero-order valence-corrected chi connectivity index (χ0v) is 6.77. The molecule has 4 heteroatoms. The van der Waals surface area contributed by atoms with Crippen LogP contribution in [0.3, 0.4) is 0 Å². The van der Waals surface area contributed by atoms with Gasteiger partial charge in [-0.1, -0.05) is 0 Å². The molecular formula is C8H11NO3. The lowest BCUT2D eigenvalue weighted by Crippen LogP contribution is -2.02. The smallest absolute Gasteiger partial charge is 0.213 e. The maximum Gasteiger partial charge on any atom is 0.213 e. The van der Waals surface area contributed by atoms with Crippen LogP contribution in [0.15, 0.2) is 18.3 Å². The summed E-state index contributed by atoms with van der Waals surface area (Å²) < 4.78 is 4.85. The molecule has 0 fully saturated rings. The van der Waals surface area contributed by atoms with Crippen LogP contribution < -0.4 is 4.74 Å². The third-order valence-corrected chi connectivity index (χ3v) is 1.53. The van der Waals surface area contributed by atoms with Crippen molar-refractivity contribution in [2.24, 2.45) is 0 Å². The number of hydrogen-bond donors (Lipinski definition) is 2. The van der Waals surface area contributed by atoms with Crippen LogP contribution in [0.1, 0.15) is 11.7 Å². The summed E-state index contributed by atoms with van der Waals surface area (Å²) in [7, 11) is 1.50. The lowest BCUT2D eigenvalue weighted by atomic mass is 10.1. The number of aliphatic hydroxyl groups excluding tert-OH is 2. The van der Waals surface area contributed by atoms with E-state index in [2.05, 4.69) is 4.98 Å². The standard InChI is InChI=1S/C8H11NO3/c1-12-8-4-6(2-3-9-8)7(11)5-10/h2-4,7,10-11H,5H2,1H3. The van der Waals surface area contributed by atoms with Crippen molar-refractivity contribution < 1.29 is 14.9 Å². The van der Waals surface area contributed by atoms with E-state index in [1.54, 1.807) is 12.1 Å². The minimum atomic E-state index is -0.859. The van der Waals surface area contributed by atoms with Gasteiger partial charge in [-0.3, -0.25) is 0 Å². The quantitative estimate of drug-likeness (QED) is 0.674. The first kappa shape index (κ1) is 8.96. The van der Waals surface area contributed by atoms with Gasteiger partial charge in [0.05, 0.1) is 13.7 Å². The highest BCUT2D eigenvalue weighted by Crippen LogP contribution is 2.15. The van der Waals surface area contributed by atoms with Gasteiger partial charge in [0.25, 0.3) is 0 Å². The number of hydrogen-bond acceptors (Lipinski definition) is 4. The van der Waals surface area contributed by atoms with Crippen LogP contribution in [0.2, 0.25) is 0 Å². The van der Waals surface area contributed by atoms with Crippen LogP contribution in [-0.2, 0) is 0 Å². The highest BCUT2D eigenvalue weighted by Gasteiger charge is 2.06. The summed E-state index contributed by atoms with van der Waals surface area (Å²) in [6, 6.07) is 3.21. The van der Waals surface area contributed by atoms with Crippen LogP contribution in [-0.4, -0.2) is 28.9 Å². The normalized spacial score (nSPS) is 12.6. The van der Waals surface area contributed by atoms with Crippen molar-refractivity contribution in [1.82, 2.24) is 4.98 Å². The van der Waals surface area contributed by atoms with Gasteiger partial charge >= 0.3 is 0 Å². The van der Waals surface area contributed by atoms with E-state index in [0.717, 1.165) is 0 Å². The monoisotopic (exact) mass is 169 g/mol. The molecule has 0 bridgehead atoms. The first-order chi connectivity index (χ1) is 5.77. The highest BCUT2D eigenvalue weighted by atomic mass is 16.5. The first-order valence-corrected chi connectivity index (χ1v) is 3.56. The number of ether oxygens (including phenoxy) is 1. The van der Waals surface area contributed by atoms with E-state index in [0.29, 0.717) is 11.4 Å². The maximum absolute atomic E-state index is 9.22. The molecule has 1 aromatic heterocycles. The Hall–Kier alpha value is -1.13. The van der Waals surface area contributed by atoms with Crippen LogP contribution in [0.25, 0.3) is 0 Å². The van der Waals surface area contributed by atoms with Crippen molar-refractivity contribution in [2.75, 3.05) is 13.7 Å². The molecule has 66 valence electrons. The first-order valence-electron chi connectivity index (χ1n) is 3.56. The summed E-state index contributed by atoms with van der Waals surface area (Å²) in [6.45, 7) is -0.298. The molecule has 2 N–H and O–H groups in total. The third kappa shape index (κ3) is 1.93. The molecule has 1 unspecified atom stereocenters. The molecule has 0 spiro atoms. The number of aromatic nitrogens is 1. The molecule has 0 aliphatic carbocycles. The van der Waals surface area contributed by atoms with Gasteiger partial charge in [0.2, 0.25) is 5.88 Å². The Morgan fingerprint density at radius 1 is 1.67 bits per heavy atom. The Morgan fingerprint density at radius 3 is 3.00 bits per heavy atom. The van der Waals surface area contributed by atoms with Gasteiger partial charge in [-0.25, -0.2) is 4.98 Å². The van der Waals surface area contributed by atoms with E-state index in [1.165, 1.54) is 13.3 Å². The summed E-state index contributed by atoms with van der Waals surface area (Å²) >= 11 is 0. The molecule has 1 heterocycles. The van der Waals surface area contributed by atoms with Crippen molar-refractivity contribution >= 4 is 0 Å². The van der Waals surface area contributed by atoms with Gasteiger partial charge in [0.15, 0.2) is 0 Å². The average Bonchev–Trinajstić information content (AvgIpc) is 2.17. The van der Waals surface area contributed by atoms with Crippen molar-refractivity contribution in [1.29, 1.82) is 0 Å². The summed E-state index contributed by atoms with van der Waals surface area (Å²) in [5, 5.41) is 17.9. The molecule has 0 radical (unpaired) electrons. The minimum absolute atomic E-state index is 0.298. The van der Waals surface area contributed by atoms with Crippen molar-refractivity contribution in [3.05, 3.63) is 23.9 Å². The van der Waals surface area contributed by atoms with Crippen LogP contribution >= 0.6 is 0 Å². The van der Waals surface area contributed by atoms with E-state index in [9.17, 15) is 5.11 Å². The minimum Gasteiger partial charge on any atom is -0.481 e. The molecule has 0 aliphatic rings. The second-order valence-corrected chi connectivity index (χ2v) is 2.33. The molecule has 0 saturated carbocycles. The zero-order chi connectivity index (χ0) is 8.97. The molecule has 0 saturated heterocycles. The van der Waals surface area contributed by atoms with Gasteiger partial charge in [0.1, 0.15) is 6.10 Å². The third-order valence-electron chi connectivity index (χ3n) is 1.53. The molecule has 4 nitrogen and oxygen atoms in total. The SMILES string of the molecule is COc1cc(C(O)CO)ccn1. The van der Waals surface area contributed by atoms with E-state index < -0.39 is 6.10 Å². The zero-order valence-electron chi connectivity index (χ0n) is 6.77. The molecular weight excluding hydrogens is 158 g/mol. The topological polar surface area (TPSA) is 62.6 Å². The fraction of sp³-hybridized carbons (Fsp3) is 0.375. The van der Waals surface area contributed by atoms with Crippen LogP contribution in [0.5, 0.6) is 5.88 Å². The Balaban J connectivity index is 2.86. The van der Waals surface area contributed by atoms with Crippen LogP contribution in [0, 0.1) is 0 Å². The Labute approximate surface area is 70.4 Å². The summed E-state index contributed by atoms with van der Waals surface area (Å²) in [4.78, 5) is 3.86.